The van der Waals surface area contributed by atoms with E-state index in [2.05, 4.69) is 24.0 Å². The summed E-state index contributed by atoms with van der Waals surface area (Å²) in [5, 5.41) is 9.34. The number of nitrogens with zero attached hydrogens (tertiary/aromatic N) is 2. The molecule has 0 aliphatic carbocycles. The summed E-state index contributed by atoms with van der Waals surface area (Å²) in [7, 11) is 0. The number of nitrogens with two attached hydrogens (primary N) is 1. The van der Waals surface area contributed by atoms with Gasteiger partial charge >= 0.3 is 0 Å². The van der Waals surface area contributed by atoms with Crippen LogP contribution in [0.1, 0.15) is 43.4 Å². The molecule has 1 aliphatic heterocycles. The fraction of sp³-hybridized carbons (Fsp3) is 0.562. The quantitative estimate of drug-likeness (QED) is 0.905. The Balaban J connectivity index is 2.42. The van der Waals surface area contributed by atoms with Gasteiger partial charge in [-0.1, -0.05) is 31.5 Å². The largest absolute Gasteiger partial charge is 0.330 e. The van der Waals surface area contributed by atoms with Gasteiger partial charge in [-0.2, -0.15) is 5.26 Å². The van der Waals surface area contributed by atoms with Gasteiger partial charge < -0.3 is 5.73 Å². The van der Waals surface area contributed by atoms with Crippen molar-refractivity contribution in [1.82, 2.24) is 4.90 Å². The molecule has 0 saturated carbocycles. The maximum atomic E-state index is 9.34. The van der Waals surface area contributed by atoms with Crippen LogP contribution in [0.5, 0.6) is 0 Å². The molecule has 0 radical (unpaired) electrons. The number of rotatable bonds is 3. The molecule has 1 aromatic carbocycles. The van der Waals surface area contributed by atoms with Gasteiger partial charge in [0.2, 0.25) is 0 Å². The summed E-state index contributed by atoms with van der Waals surface area (Å²) >= 11 is 0. The molecule has 1 aromatic rings. The molecule has 0 bridgehead atoms. The number of hydrogen-bond donors (Lipinski definition) is 1. The Morgan fingerprint density at radius 1 is 1.37 bits per heavy atom. The molecule has 1 heterocycles. The van der Waals surface area contributed by atoms with E-state index in [1.165, 1.54) is 12.8 Å². The average molecular weight is 257 g/mol. The van der Waals surface area contributed by atoms with Gasteiger partial charge in [-0.05, 0) is 50.0 Å². The Kier molecular flexibility index (Phi) is 4.95. The third kappa shape index (κ3) is 2.97. The van der Waals surface area contributed by atoms with E-state index in [0.717, 1.165) is 30.6 Å². The van der Waals surface area contributed by atoms with Crippen molar-refractivity contribution in [3.63, 3.8) is 0 Å². The van der Waals surface area contributed by atoms with E-state index in [-0.39, 0.29) is 0 Å². The zero-order chi connectivity index (χ0) is 13.7. The summed E-state index contributed by atoms with van der Waals surface area (Å²) in [6.45, 7) is 5.01. The maximum Gasteiger partial charge on any atom is 0.0995 e. The van der Waals surface area contributed by atoms with Gasteiger partial charge in [0, 0.05) is 6.04 Å². The van der Waals surface area contributed by atoms with Crippen LogP contribution in [0.15, 0.2) is 24.3 Å². The van der Waals surface area contributed by atoms with Gasteiger partial charge in [-0.3, -0.25) is 4.90 Å². The van der Waals surface area contributed by atoms with Gasteiger partial charge in [0.05, 0.1) is 11.6 Å². The Labute approximate surface area is 116 Å². The zero-order valence-electron chi connectivity index (χ0n) is 11.7. The van der Waals surface area contributed by atoms with E-state index in [9.17, 15) is 5.26 Å². The van der Waals surface area contributed by atoms with Crippen LogP contribution in [0.3, 0.4) is 0 Å². The lowest BCUT2D eigenvalue weighted by Crippen LogP contribution is -2.36. The van der Waals surface area contributed by atoms with Gasteiger partial charge in [0.15, 0.2) is 0 Å². The maximum absolute atomic E-state index is 9.34. The van der Waals surface area contributed by atoms with Crippen molar-refractivity contribution < 1.29 is 0 Å². The summed E-state index contributed by atoms with van der Waals surface area (Å²) < 4.78 is 0. The zero-order valence-corrected chi connectivity index (χ0v) is 11.7. The lowest BCUT2D eigenvalue weighted by Gasteiger charge is -2.34. The van der Waals surface area contributed by atoms with Crippen LogP contribution in [-0.4, -0.2) is 24.5 Å². The second-order valence-corrected chi connectivity index (χ2v) is 5.26. The van der Waals surface area contributed by atoms with Crippen LogP contribution in [0.2, 0.25) is 0 Å². The van der Waals surface area contributed by atoms with Crippen molar-refractivity contribution in [2.45, 2.75) is 32.2 Å². The highest BCUT2D eigenvalue weighted by atomic mass is 15.2. The molecule has 0 aromatic heterocycles. The first-order valence-corrected chi connectivity index (χ1v) is 7.25. The number of hydrogen-bond acceptors (Lipinski definition) is 3. The molecule has 2 unspecified atom stereocenters. The van der Waals surface area contributed by atoms with Gasteiger partial charge in [-0.25, -0.2) is 0 Å². The normalized spacial score (nSPS) is 24.7. The number of benzene rings is 1. The van der Waals surface area contributed by atoms with E-state index in [0.29, 0.717) is 18.5 Å². The van der Waals surface area contributed by atoms with Crippen LogP contribution in [0.25, 0.3) is 0 Å². The Morgan fingerprint density at radius 3 is 2.84 bits per heavy atom. The summed E-state index contributed by atoms with van der Waals surface area (Å²) in [5.41, 5.74) is 7.95. The monoisotopic (exact) mass is 257 g/mol. The highest BCUT2D eigenvalue weighted by Gasteiger charge is 2.30. The third-order valence-corrected chi connectivity index (χ3v) is 4.22. The van der Waals surface area contributed by atoms with Crippen molar-refractivity contribution in [3.8, 4) is 6.07 Å². The topological polar surface area (TPSA) is 53.0 Å². The van der Waals surface area contributed by atoms with Crippen molar-refractivity contribution in [2.75, 3.05) is 19.6 Å². The third-order valence-electron chi connectivity index (χ3n) is 4.22. The Morgan fingerprint density at radius 2 is 2.16 bits per heavy atom. The molecular weight excluding hydrogens is 234 g/mol. The van der Waals surface area contributed by atoms with E-state index in [4.69, 9.17) is 5.73 Å². The minimum atomic E-state index is 0.299. The highest BCUT2D eigenvalue weighted by molar-refractivity contribution is 5.40. The molecule has 0 amide bonds. The summed E-state index contributed by atoms with van der Waals surface area (Å²) in [6.07, 6.45) is 3.64. The molecule has 2 N–H and O–H groups in total. The molecule has 3 nitrogen and oxygen atoms in total. The smallest absolute Gasteiger partial charge is 0.0995 e. The van der Waals surface area contributed by atoms with E-state index < -0.39 is 0 Å². The van der Waals surface area contributed by atoms with Crippen molar-refractivity contribution >= 4 is 0 Å². The lowest BCUT2D eigenvalue weighted by atomic mass is 9.87. The Bertz CT molecular complexity index is 436. The molecule has 1 saturated heterocycles. The SMILES string of the molecule is CCN1CCCCC(CN)C1c1ccccc1C#N. The van der Waals surface area contributed by atoms with Gasteiger partial charge in [0.25, 0.3) is 0 Å². The highest BCUT2D eigenvalue weighted by Crippen LogP contribution is 2.35. The molecule has 2 atom stereocenters. The predicted molar refractivity (Wildman–Crippen MR) is 77.5 cm³/mol. The fourth-order valence-electron chi connectivity index (χ4n) is 3.23. The van der Waals surface area contributed by atoms with Gasteiger partial charge in [0.1, 0.15) is 0 Å². The van der Waals surface area contributed by atoms with Crippen molar-refractivity contribution in [2.24, 2.45) is 11.7 Å². The molecule has 2 rings (SSSR count). The number of likely N-dealkylation sites (tertiary alicyclic amines) is 1. The molecule has 0 spiro atoms. The van der Waals surface area contributed by atoms with Crippen LogP contribution >= 0.6 is 0 Å². The Hall–Kier alpha value is -1.37. The van der Waals surface area contributed by atoms with E-state index in [1.54, 1.807) is 0 Å². The van der Waals surface area contributed by atoms with E-state index in [1.807, 2.05) is 18.2 Å². The van der Waals surface area contributed by atoms with Crippen molar-refractivity contribution in [1.29, 1.82) is 5.26 Å². The molecule has 102 valence electrons. The molecule has 3 heteroatoms. The van der Waals surface area contributed by atoms with Crippen LogP contribution in [-0.2, 0) is 0 Å². The summed E-state index contributed by atoms with van der Waals surface area (Å²) in [6, 6.07) is 10.6. The summed E-state index contributed by atoms with van der Waals surface area (Å²) in [5.74, 6) is 0.456. The minimum absolute atomic E-state index is 0.299. The minimum Gasteiger partial charge on any atom is -0.330 e. The first-order valence-electron chi connectivity index (χ1n) is 7.25. The standard InChI is InChI=1S/C16H23N3/c1-2-19-10-6-5-8-14(12-18)16(19)15-9-4-3-7-13(15)11-17/h3-4,7,9,14,16H,2,5-6,8,10,12,18H2,1H3. The number of nitriles is 1. The average Bonchev–Trinajstić information content (AvgIpc) is 2.68. The first kappa shape index (κ1) is 14.0. The van der Waals surface area contributed by atoms with E-state index >= 15 is 0 Å². The van der Waals surface area contributed by atoms with Crippen LogP contribution in [0.4, 0.5) is 0 Å². The predicted octanol–water partition coefficient (Wildman–Crippen LogP) is 2.68. The van der Waals surface area contributed by atoms with Crippen LogP contribution < -0.4 is 5.73 Å². The van der Waals surface area contributed by atoms with Crippen molar-refractivity contribution in [3.05, 3.63) is 35.4 Å². The lowest BCUT2D eigenvalue weighted by molar-refractivity contribution is 0.166. The molecular formula is C16H23N3. The molecule has 19 heavy (non-hydrogen) atoms. The van der Waals surface area contributed by atoms with Gasteiger partial charge in [-0.15, -0.1) is 0 Å². The first-order chi connectivity index (χ1) is 9.31. The fourth-order valence-corrected chi connectivity index (χ4v) is 3.23. The van der Waals surface area contributed by atoms with Crippen LogP contribution in [0, 0.1) is 17.2 Å². The second-order valence-electron chi connectivity index (χ2n) is 5.26. The molecule has 1 fully saturated rings. The summed E-state index contributed by atoms with van der Waals surface area (Å²) in [4.78, 5) is 2.49. The second kappa shape index (κ2) is 6.70. The molecule has 1 aliphatic rings.